The molecule has 2 rings (SSSR count). The van der Waals surface area contributed by atoms with Gasteiger partial charge in [-0.25, -0.2) is 0 Å². The van der Waals surface area contributed by atoms with Crippen LogP contribution in [-0.2, 0) is 4.79 Å². The van der Waals surface area contributed by atoms with Gasteiger partial charge in [-0.05, 0) is 19.4 Å². The van der Waals surface area contributed by atoms with E-state index in [9.17, 15) is 4.79 Å². The van der Waals surface area contributed by atoms with Crippen LogP contribution in [0.3, 0.4) is 0 Å². The Labute approximate surface area is 131 Å². The van der Waals surface area contributed by atoms with E-state index >= 15 is 0 Å². The zero-order valence-corrected chi connectivity index (χ0v) is 13.2. The van der Waals surface area contributed by atoms with Gasteiger partial charge in [0.15, 0.2) is 0 Å². The summed E-state index contributed by atoms with van der Waals surface area (Å²) >= 11 is 0. The number of likely N-dealkylation sites (tertiary alicyclic amines) is 1. The summed E-state index contributed by atoms with van der Waals surface area (Å²) in [6, 6.07) is 6.03. The van der Waals surface area contributed by atoms with Crippen molar-refractivity contribution in [3.05, 3.63) is 18.2 Å². The average Bonchev–Trinajstić information content (AvgIpc) is 2.52. The fourth-order valence-corrected chi connectivity index (χ4v) is 2.76. The van der Waals surface area contributed by atoms with Crippen LogP contribution >= 0.6 is 0 Å². The van der Waals surface area contributed by atoms with E-state index in [0.717, 1.165) is 43.1 Å². The highest BCUT2D eigenvalue weighted by atomic mass is 16.5. The largest absolute Gasteiger partial charge is 0.497 e. The lowest BCUT2D eigenvalue weighted by Crippen LogP contribution is -2.42. The highest BCUT2D eigenvalue weighted by Crippen LogP contribution is 2.27. The van der Waals surface area contributed by atoms with Crippen molar-refractivity contribution < 1.29 is 19.4 Å². The molecule has 6 heteroatoms. The zero-order chi connectivity index (χ0) is 15.9. The molecule has 1 aliphatic rings. The number of nitrogens with zero attached hydrogens (tertiary/aromatic N) is 1. The van der Waals surface area contributed by atoms with Gasteiger partial charge >= 0.3 is 5.97 Å². The van der Waals surface area contributed by atoms with Crippen molar-refractivity contribution >= 4 is 11.7 Å². The van der Waals surface area contributed by atoms with Crippen LogP contribution in [0.2, 0.25) is 0 Å². The molecule has 6 nitrogen and oxygen atoms in total. The molecule has 0 bridgehead atoms. The molecule has 0 saturated carbocycles. The first kappa shape index (κ1) is 16.4. The van der Waals surface area contributed by atoms with Crippen molar-refractivity contribution in [2.24, 2.45) is 0 Å². The number of hydrogen-bond acceptors (Lipinski definition) is 5. The Hall–Kier alpha value is -1.95. The van der Waals surface area contributed by atoms with Crippen molar-refractivity contribution in [2.75, 3.05) is 39.2 Å². The normalized spacial score (nSPS) is 18.7. The highest BCUT2D eigenvalue weighted by Gasteiger charge is 2.20. The van der Waals surface area contributed by atoms with Crippen molar-refractivity contribution in [3.8, 4) is 11.5 Å². The number of piperidine rings is 1. The van der Waals surface area contributed by atoms with Crippen LogP contribution in [0.15, 0.2) is 18.2 Å². The molecule has 0 amide bonds. The molecular formula is C16H24N2O4. The van der Waals surface area contributed by atoms with Gasteiger partial charge in [0.1, 0.15) is 11.5 Å². The number of methoxy groups -OCH3 is 2. The molecule has 0 aromatic heterocycles. The van der Waals surface area contributed by atoms with Gasteiger partial charge in [-0.15, -0.1) is 0 Å². The Morgan fingerprint density at radius 1 is 1.32 bits per heavy atom. The Morgan fingerprint density at radius 2 is 2.00 bits per heavy atom. The number of carboxylic acids is 1. The lowest BCUT2D eigenvalue weighted by molar-refractivity contribution is -0.137. The van der Waals surface area contributed by atoms with E-state index in [-0.39, 0.29) is 6.42 Å². The molecule has 1 atom stereocenters. The maximum atomic E-state index is 10.7. The predicted molar refractivity (Wildman–Crippen MR) is 84.9 cm³/mol. The number of anilines is 1. The first-order chi connectivity index (χ1) is 10.6. The summed E-state index contributed by atoms with van der Waals surface area (Å²) in [6.07, 6.45) is 2.33. The topological polar surface area (TPSA) is 71.0 Å². The third-order valence-electron chi connectivity index (χ3n) is 3.87. The molecule has 122 valence electrons. The molecule has 2 N–H and O–H groups in total. The lowest BCUT2D eigenvalue weighted by atomic mass is 10.0. The molecular weight excluding hydrogens is 284 g/mol. The summed E-state index contributed by atoms with van der Waals surface area (Å²) in [6.45, 7) is 2.43. The fraction of sp³-hybridized carbons (Fsp3) is 0.562. The maximum absolute atomic E-state index is 10.7. The minimum absolute atomic E-state index is 0.194. The number of ether oxygens (including phenoxy) is 2. The standard InChI is InChI=1S/C16H24N2O4/c1-21-14-8-13(9-15(10-14)22-2)17-12-4-3-6-18(11-12)7-5-16(19)20/h8-10,12,17H,3-7,11H2,1-2H3,(H,19,20). The fourth-order valence-electron chi connectivity index (χ4n) is 2.76. The summed E-state index contributed by atoms with van der Waals surface area (Å²) in [4.78, 5) is 12.9. The first-order valence-electron chi connectivity index (χ1n) is 7.54. The predicted octanol–water partition coefficient (Wildman–Crippen LogP) is 2.05. The molecule has 0 radical (unpaired) electrons. The van der Waals surface area contributed by atoms with E-state index in [1.807, 2.05) is 18.2 Å². The van der Waals surface area contributed by atoms with Crippen LogP contribution in [0.5, 0.6) is 11.5 Å². The molecule has 22 heavy (non-hydrogen) atoms. The number of aliphatic carboxylic acids is 1. The summed E-state index contributed by atoms with van der Waals surface area (Å²) < 4.78 is 10.6. The van der Waals surface area contributed by atoms with E-state index in [0.29, 0.717) is 12.6 Å². The third kappa shape index (κ3) is 4.80. The summed E-state index contributed by atoms with van der Waals surface area (Å²) in [5.74, 6) is 0.758. The van der Waals surface area contributed by atoms with E-state index in [2.05, 4.69) is 10.2 Å². The quantitative estimate of drug-likeness (QED) is 0.803. The van der Waals surface area contributed by atoms with Gasteiger partial charge in [0, 0.05) is 43.0 Å². The molecule has 0 aliphatic carbocycles. The Balaban J connectivity index is 1.96. The number of benzene rings is 1. The van der Waals surface area contributed by atoms with Gasteiger partial charge < -0.3 is 24.8 Å². The molecule has 1 heterocycles. The first-order valence-corrected chi connectivity index (χ1v) is 7.54. The van der Waals surface area contributed by atoms with Crippen LogP contribution in [-0.4, -0.2) is 55.9 Å². The van der Waals surface area contributed by atoms with Gasteiger partial charge in [-0.1, -0.05) is 0 Å². The van der Waals surface area contributed by atoms with Gasteiger partial charge in [-0.2, -0.15) is 0 Å². The Morgan fingerprint density at radius 3 is 2.59 bits per heavy atom. The van der Waals surface area contributed by atoms with E-state index < -0.39 is 5.97 Å². The van der Waals surface area contributed by atoms with Gasteiger partial charge in [0.05, 0.1) is 20.6 Å². The lowest BCUT2D eigenvalue weighted by Gasteiger charge is -2.33. The summed E-state index contributed by atoms with van der Waals surface area (Å²) in [5.41, 5.74) is 0.960. The molecule has 1 aliphatic heterocycles. The molecule has 1 fully saturated rings. The van der Waals surface area contributed by atoms with Gasteiger partial charge in [0.2, 0.25) is 0 Å². The molecule has 1 saturated heterocycles. The van der Waals surface area contributed by atoms with Crippen LogP contribution in [0, 0.1) is 0 Å². The smallest absolute Gasteiger partial charge is 0.304 e. The van der Waals surface area contributed by atoms with Crippen LogP contribution in [0.25, 0.3) is 0 Å². The van der Waals surface area contributed by atoms with Crippen molar-refractivity contribution in [2.45, 2.75) is 25.3 Å². The second-order valence-corrected chi connectivity index (χ2v) is 5.53. The van der Waals surface area contributed by atoms with Crippen LogP contribution < -0.4 is 14.8 Å². The number of rotatable bonds is 7. The summed E-state index contributed by atoms with van der Waals surface area (Å²) in [5, 5.41) is 12.3. The van der Waals surface area contributed by atoms with Crippen molar-refractivity contribution in [1.82, 2.24) is 4.90 Å². The number of nitrogens with one attached hydrogen (secondary N) is 1. The van der Waals surface area contributed by atoms with E-state index in [4.69, 9.17) is 14.6 Å². The van der Waals surface area contributed by atoms with Gasteiger partial charge in [0.25, 0.3) is 0 Å². The Bertz CT molecular complexity index is 485. The highest BCUT2D eigenvalue weighted by molar-refractivity contribution is 5.66. The van der Waals surface area contributed by atoms with E-state index in [1.165, 1.54) is 0 Å². The van der Waals surface area contributed by atoms with Crippen LogP contribution in [0.4, 0.5) is 5.69 Å². The minimum atomic E-state index is -0.743. The number of carboxylic acid groups (broad SMARTS) is 1. The van der Waals surface area contributed by atoms with E-state index in [1.54, 1.807) is 14.2 Å². The zero-order valence-electron chi connectivity index (χ0n) is 13.2. The molecule has 0 spiro atoms. The second-order valence-electron chi connectivity index (χ2n) is 5.53. The molecule has 1 aromatic carbocycles. The van der Waals surface area contributed by atoms with Gasteiger partial charge in [-0.3, -0.25) is 4.79 Å². The number of carbonyl (C=O) groups is 1. The average molecular weight is 308 g/mol. The minimum Gasteiger partial charge on any atom is -0.497 e. The third-order valence-corrected chi connectivity index (χ3v) is 3.87. The second kappa shape index (κ2) is 7.89. The maximum Gasteiger partial charge on any atom is 0.304 e. The number of hydrogen-bond donors (Lipinski definition) is 2. The Kier molecular flexibility index (Phi) is 5.89. The SMILES string of the molecule is COc1cc(NC2CCCN(CCC(=O)O)C2)cc(OC)c1. The van der Waals surface area contributed by atoms with Crippen molar-refractivity contribution in [1.29, 1.82) is 0 Å². The van der Waals surface area contributed by atoms with Crippen LogP contribution in [0.1, 0.15) is 19.3 Å². The van der Waals surface area contributed by atoms with Crippen molar-refractivity contribution in [3.63, 3.8) is 0 Å². The molecule has 1 aromatic rings. The summed E-state index contributed by atoms with van der Waals surface area (Å²) in [7, 11) is 3.26. The molecule has 1 unspecified atom stereocenters. The monoisotopic (exact) mass is 308 g/mol.